The first-order chi connectivity index (χ1) is 8.69. The predicted molar refractivity (Wildman–Crippen MR) is 73.5 cm³/mol. The second-order valence-electron chi connectivity index (χ2n) is 5.14. The first kappa shape index (κ1) is 13.1. The van der Waals surface area contributed by atoms with Gasteiger partial charge in [-0.05, 0) is 49.8 Å². The first-order valence-corrected chi connectivity index (χ1v) is 6.84. The lowest BCUT2D eigenvalue weighted by molar-refractivity contribution is 0.0926. The lowest BCUT2D eigenvalue weighted by atomic mass is 9.91. The van der Waals surface area contributed by atoms with Crippen LogP contribution in [-0.4, -0.2) is 18.0 Å². The van der Waals surface area contributed by atoms with Crippen molar-refractivity contribution < 1.29 is 4.79 Å². The minimum Gasteiger partial charge on any atom is -0.349 e. The maximum Gasteiger partial charge on any atom is 0.251 e. The van der Waals surface area contributed by atoms with E-state index in [-0.39, 0.29) is 5.91 Å². The van der Waals surface area contributed by atoms with Gasteiger partial charge in [0.15, 0.2) is 0 Å². The van der Waals surface area contributed by atoms with Gasteiger partial charge in [0.2, 0.25) is 0 Å². The highest BCUT2D eigenvalue weighted by molar-refractivity contribution is 5.94. The summed E-state index contributed by atoms with van der Waals surface area (Å²) in [5.41, 5.74) is 7.87. The van der Waals surface area contributed by atoms with Crippen molar-refractivity contribution in [3.05, 3.63) is 35.4 Å². The Labute approximate surface area is 109 Å². The molecular formula is C15H22N2O. The highest BCUT2D eigenvalue weighted by Gasteiger charge is 2.20. The monoisotopic (exact) mass is 246 g/mol. The minimum atomic E-state index is 0.0399. The van der Waals surface area contributed by atoms with Gasteiger partial charge in [0.1, 0.15) is 0 Å². The van der Waals surface area contributed by atoms with E-state index < -0.39 is 0 Å². The number of benzene rings is 1. The summed E-state index contributed by atoms with van der Waals surface area (Å²) < 4.78 is 0. The molecule has 3 nitrogen and oxygen atoms in total. The number of hydrogen-bond donors (Lipinski definition) is 2. The van der Waals surface area contributed by atoms with Crippen LogP contribution in [0.1, 0.15) is 48.5 Å². The molecule has 18 heavy (non-hydrogen) atoms. The average Bonchev–Trinajstić information content (AvgIpc) is 2.41. The number of amides is 1. The van der Waals surface area contributed by atoms with E-state index in [4.69, 9.17) is 5.73 Å². The Kier molecular flexibility index (Phi) is 4.37. The highest BCUT2D eigenvalue weighted by atomic mass is 16.1. The van der Waals surface area contributed by atoms with Crippen LogP contribution in [0, 0.1) is 0 Å². The number of aryl methyl sites for hydroxylation is 1. The summed E-state index contributed by atoms with van der Waals surface area (Å²) in [6, 6.07) is 8.47. The fourth-order valence-electron chi connectivity index (χ4n) is 2.42. The molecule has 1 fully saturated rings. The van der Waals surface area contributed by atoms with Gasteiger partial charge in [-0.2, -0.15) is 0 Å². The second kappa shape index (κ2) is 6.01. The molecule has 98 valence electrons. The van der Waals surface area contributed by atoms with Crippen LogP contribution in [0.25, 0.3) is 0 Å². The van der Waals surface area contributed by atoms with Gasteiger partial charge in [-0.15, -0.1) is 0 Å². The fourth-order valence-corrected chi connectivity index (χ4v) is 2.42. The SMILES string of the molecule is CCc1ccc(C(=O)N[C@H]2CC[C@H](N)CC2)cc1. The van der Waals surface area contributed by atoms with E-state index in [9.17, 15) is 4.79 Å². The van der Waals surface area contributed by atoms with Gasteiger partial charge in [-0.3, -0.25) is 4.79 Å². The van der Waals surface area contributed by atoms with E-state index in [2.05, 4.69) is 12.2 Å². The number of hydrogen-bond acceptors (Lipinski definition) is 2. The van der Waals surface area contributed by atoms with E-state index >= 15 is 0 Å². The van der Waals surface area contributed by atoms with Gasteiger partial charge in [-0.25, -0.2) is 0 Å². The van der Waals surface area contributed by atoms with Crippen LogP contribution in [-0.2, 0) is 6.42 Å². The molecular weight excluding hydrogens is 224 g/mol. The predicted octanol–water partition coefficient (Wildman–Crippen LogP) is 2.25. The molecule has 0 unspecified atom stereocenters. The smallest absolute Gasteiger partial charge is 0.251 e. The summed E-state index contributed by atoms with van der Waals surface area (Å²) in [6.45, 7) is 2.11. The molecule has 3 heteroatoms. The third kappa shape index (κ3) is 3.33. The summed E-state index contributed by atoms with van der Waals surface area (Å²) in [7, 11) is 0. The molecule has 0 saturated heterocycles. The van der Waals surface area contributed by atoms with Crippen molar-refractivity contribution in [1.82, 2.24) is 5.32 Å². The van der Waals surface area contributed by atoms with Crippen LogP contribution < -0.4 is 11.1 Å². The third-order valence-electron chi connectivity index (χ3n) is 3.73. The van der Waals surface area contributed by atoms with Crippen molar-refractivity contribution in [2.75, 3.05) is 0 Å². The zero-order valence-corrected chi connectivity index (χ0v) is 11.0. The zero-order chi connectivity index (χ0) is 13.0. The van der Waals surface area contributed by atoms with Crippen molar-refractivity contribution in [2.24, 2.45) is 5.73 Å². The molecule has 3 N–H and O–H groups in total. The van der Waals surface area contributed by atoms with Gasteiger partial charge in [0, 0.05) is 17.6 Å². The zero-order valence-electron chi connectivity index (χ0n) is 11.0. The molecule has 0 atom stereocenters. The van der Waals surface area contributed by atoms with E-state index in [1.807, 2.05) is 24.3 Å². The van der Waals surface area contributed by atoms with Gasteiger partial charge in [0.05, 0.1) is 0 Å². The molecule has 1 amide bonds. The molecule has 0 radical (unpaired) electrons. The third-order valence-corrected chi connectivity index (χ3v) is 3.73. The van der Waals surface area contributed by atoms with Crippen LogP contribution >= 0.6 is 0 Å². The number of nitrogens with two attached hydrogens (primary N) is 1. The largest absolute Gasteiger partial charge is 0.349 e. The van der Waals surface area contributed by atoms with Crippen molar-refractivity contribution >= 4 is 5.91 Å². The molecule has 0 aliphatic heterocycles. The van der Waals surface area contributed by atoms with Crippen LogP contribution in [0.15, 0.2) is 24.3 Å². The molecule has 0 bridgehead atoms. The summed E-state index contributed by atoms with van der Waals surface area (Å²) in [6.07, 6.45) is 5.03. The van der Waals surface area contributed by atoms with Crippen molar-refractivity contribution in [2.45, 2.75) is 51.1 Å². The molecule has 1 aromatic rings. The molecule has 1 aliphatic rings. The molecule has 2 rings (SSSR count). The maximum atomic E-state index is 12.1. The van der Waals surface area contributed by atoms with Gasteiger partial charge in [-0.1, -0.05) is 19.1 Å². The van der Waals surface area contributed by atoms with Crippen molar-refractivity contribution in [3.63, 3.8) is 0 Å². The number of carbonyl (C=O) groups is 1. The number of carbonyl (C=O) groups excluding carboxylic acids is 1. The second-order valence-corrected chi connectivity index (χ2v) is 5.14. The quantitative estimate of drug-likeness (QED) is 0.859. The molecule has 0 aromatic heterocycles. The minimum absolute atomic E-state index is 0.0399. The summed E-state index contributed by atoms with van der Waals surface area (Å²) in [4.78, 5) is 12.1. The molecule has 1 aromatic carbocycles. The van der Waals surface area contributed by atoms with Crippen molar-refractivity contribution in [3.8, 4) is 0 Å². The van der Waals surface area contributed by atoms with E-state index in [0.29, 0.717) is 12.1 Å². The number of nitrogens with one attached hydrogen (secondary N) is 1. The molecule has 0 spiro atoms. The molecule has 0 heterocycles. The standard InChI is InChI=1S/C15H22N2O/c1-2-11-3-5-12(6-4-11)15(18)17-14-9-7-13(16)8-10-14/h3-6,13-14H,2,7-10,16H2,1H3,(H,17,18)/t13-,14-. The average molecular weight is 246 g/mol. The topological polar surface area (TPSA) is 55.1 Å². The Morgan fingerprint density at radius 3 is 2.39 bits per heavy atom. The van der Waals surface area contributed by atoms with Crippen molar-refractivity contribution in [1.29, 1.82) is 0 Å². The Morgan fingerprint density at radius 1 is 1.22 bits per heavy atom. The molecule has 1 saturated carbocycles. The lowest BCUT2D eigenvalue weighted by Gasteiger charge is -2.26. The fraction of sp³-hybridized carbons (Fsp3) is 0.533. The first-order valence-electron chi connectivity index (χ1n) is 6.84. The maximum absolute atomic E-state index is 12.1. The van der Waals surface area contributed by atoms with Gasteiger partial charge < -0.3 is 11.1 Å². The van der Waals surface area contributed by atoms with Crippen LogP contribution in [0.2, 0.25) is 0 Å². The normalized spacial score (nSPS) is 23.7. The van der Waals surface area contributed by atoms with E-state index in [1.54, 1.807) is 0 Å². The lowest BCUT2D eigenvalue weighted by Crippen LogP contribution is -2.40. The summed E-state index contributed by atoms with van der Waals surface area (Å²) >= 11 is 0. The molecule has 1 aliphatic carbocycles. The van der Waals surface area contributed by atoms with Gasteiger partial charge in [0.25, 0.3) is 5.91 Å². The van der Waals surface area contributed by atoms with E-state index in [0.717, 1.165) is 37.7 Å². The van der Waals surface area contributed by atoms with E-state index in [1.165, 1.54) is 5.56 Å². The highest BCUT2D eigenvalue weighted by Crippen LogP contribution is 2.17. The van der Waals surface area contributed by atoms with Gasteiger partial charge >= 0.3 is 0 Å². The van der Waals surface area contributed by atoms with Crippen LogP contribution in [0.4, 0.5) is 0 Å². The Hall–Kier alpha value is -1.35. The Balaban J connectivity index is 1.90. The Bertz CT molecular complexity index is 391. The number of rotatable bonds is 3. The van der Waals surface area contributed by atoms with Crippen LogP contribution in [0.5, 0.6) is 0 Å². The van der Waals surface area contributed by atoms with Crippen LogP contribution in [0.3, 0.4) is 0 Å². The summed E-state index contributed by atoms with van der Waals surface area (Å²) in [5, 5.41) is 3.10. The summed E-state index contributed by atoms with van der Waals surface area (Å²) in [5.74, 6) is 0.0399. The Morgan fingerprint density at radius 2 is 1.83 bits per heavy atom.